The number of carbonyl (C=O) groups excluding carboxylic acids is 2. The molecule has 1 heterocycles. The summed E-state index contributed by atoms with van der Waals surface area (Å²) in [6.45, 7) is 10.2. The van der Waals surface area contributed by atoms with Crippen LogP contribution in [0.4, 0.5) is 5.69 Å². The normalized spacial score (nSPS) is 17.0. The van der Waals surface area contributed by atoms with Crippen molar-refractivity contribution in [3.05, 3.63) is 89.0 Å². The van der Waals surface area contributed by atoms with Crippen molar-refractivity contribution in [2.45, 2.75) is 52.2 Å². The van der Waals surface area contributed by atoms with Crippen LogP contribution < -0.4 is 19.1 Å². The third-order valence-corrected chi connectivity index (χ3v) is 6.69. The molecule has 3 aromatic rings. The van der Waals surface area contributed by atoms with Crippen LogP contribution in [0.15, 0.2) is 72.3 Å². The lowest BCUT2D eigenvalue weighted by Crippen LogP contribution is -2.29. The highest BCUT2D eigenvalue weighted by molar-refractivity contribution is 6.51. The molecule has 7 heteroatoms. The maximum absolute atomic E-state index is 13.6. The van der Waals surface area contributed by atoms with Gasteiger partial charge >= 0.3 is 0 Å². The van der Waals surface area contributed by atoms with Crippen molar-refractivity contribution in [3.63, 3.8) is 0 Å². The molecule has 3 aromatic carbocycles. The Kier molecular flexibility index (Phi) is 7.72. The van der Waals surface area contributed by atoms with Gasteiger partial charge in [-0.1, -0.05) is 51.1 Å². The number of nitrogens with zero attached hydrogens (tertiary/aromatic N) is 1. The first-order valence-corrected chi connectivity index (χ1v) is 12.9. The average Bonchev–Trinajstić information content (AvgIpc) is 3.17. The predicted molar refractivity (Wildman–Crippen MR) is 152 cm³/mol. The van der Waals surface area contributed by atoms with E-state index in [0.717, 1.165) is 5.56 Å². The molecule has 1 amide bonds. The molecule has 0 saturated carbocycles. The van der Waals surface area contributed by atoms with E-state index in [4.69, 9.17) is 14.2 Å². The van der Waals surface area contributed by atoms with Crippen LogP contribution in [0.2, 0.25) is 0 Å². The van der Waals surface area contributed by atoms with Gasteiger partial charge in [0, 0.05) is 5.69 Å². The van der Waals surface area contributed by atoms with Gasteiger partial charge in [0.05, 0.1) is 31.9 Å². The minimum Gasteiger partial charge on any atom is -0.506 e. The highest BCUT2D eigenvalue weighted by atomic mass is 16.5. The average molecular weight is 530 g/mol. The highest BCUT2D eigenvalue weighted by Gasteiger charge is 2.47. The van der Waals surface area contributed by atoms with Crippen LogP contribution in [-0.2, 0) is 15.0 Å². The molecule has 7 nitrogen and oxygen atoms in total. The molecule has 204 valence electrons. The van der Waals surface area contributed by atoms with Crippen LogP contribution in [0.25, 0.3) is 5.76 Å². The molecule has 1 N–H and O–H groups in total. The molecule has 1 unspecified atom stereocenters. The lowest BCUT2D eigenvalue weighted by atomic mass is 9.85. The van der Waals surface area contributed by atoms with E-state index in [-0.39, 0.29) is 28.4 Å². The number of benzene rings is 3. The Morgan fingerprint density at radius 2 is 1.44 bits per heavy atom. The summed E-state index contributed by atoms with van der Waals surface area (Å²) in [5.74, 6) is -0.629. The van der Waals surface area contributed by atoms with Crippen molar-refractivity contribution < 1.29 is 28.9 Å². The lowest BCUT2D eigenvalue weighted by molar-refractivity contribution is -0.132. The molecule has 39 heavy (non-hydrogen) atoms. The van der Waals surface area contributed by atoms with Crippen LogP contribution in [-0.4, -0.2) is 37.1 Å². The van der Waals surface area contributed by atoms with Crippen molar-refractivity contribution in [1.29, 1.82) is 0 Å². The minimum atomic E-state index is -0.884. The molecule has 1 fully saturated rings. The lowest BCUT2D eigenvalue weighted by Gasteiger charge is -2.27. The van der Waals surface area contributed by atoms with Gasteiger partial charge < -0.3 is 19.3 Å². The fraction of sp³-hybridized carbons (Fsp3) is 0.312. The fourth-order valence-electron chi connectivity index (χ4n) is 4.76. The predicted octanol–water partition coefficient (Wildman–Crippen LogP) is 6.41. The molecular weight excluding hydrogens is 494 g/mol. The van der Waals surface area contributed by atoms with Crippen LogP contribution in [0.3, 0.4) is 0 Å². The molecule has 0 aliphatic carbocycles. The van der Waals surface area contributed by atoms with Crippen molar-refractivity contribution in [3.8, 4) is 17.2 Å². The van der Waals surface area contributed by atoms with Crippen molar-refractivity contribution in [2.24, 2.45) is 0 Å². The third kappa shape index (κ3) is 5.35. The number of methoxy groups -OCH3 is 2. The van der Waals surface area contributed by atoms with Gasteiger partial charge in [0.25, 0.3) is 11.7 Å². The van der Waals surface area contributed by atoms with E-state index in [2.05, 4.69) is 20.8 Å². The van der Waals surface area contributed by atoms with Crippen LogP contribution in [0.5, 0.6) is 17.2 Å². The Hall–Kier alpha value is -4.26. The molecule has 1 saturated heterocycles. The van der Waals surface area contributed by atoms with Crippen LogP contribution in [0, 0.1) is 0 Å². The molecular formula is C32H35NO6. The fourth-order valence-corrected chi connectivity index (χ4v) is 4.76. The van der Waals surface area contributed by atoms with E-state index in [9.17, 15) is 14.7 Å². The molecule has 1 atom stereocenters. The number of ether oxygens (including phenoxy) is 3. The summed E-state index contributed by atoms with van der Waals surface area (Å²) in [5.41, 5.74) is 2.36. The number of aliphatic hydroxyl groups excluding tert-OH is 1. The smallest absolute Gasteiger partial charge is 0.300 e. The number of rotatable bonds is 7. The zero-order valence-electron chi connectivity index (χ0n) is 23.4. The largest absolute Gasteiger partial charge is 0.506 e. The number of amides is 1. The number of anilines is 1. The molecule has 0 bridgehead atoms. The van der Waals surface area contributed by atoms with E-state index in [1.54, 1.807) is 42.5 Å². The Labute approximate surface area is 229 Å². The van der Waals surface area contributed by atoms with Gasteiger partial charge in [-0.05, 0) is 66.8 Å². The van der Waals surface area contributed by atoms with Crippen molar-refractivity contribution >= 4 is 23.1 Å². The third-order valence-electron chi connectivity index (χ3n) is 6.69. The first-order chi connectivity index (χ1) is 18.5. The van der Waals surface area contributed by atoms with Gasteiger partial charge in [0.15, 0.2) is 0 Å². The van der Waals surface area contributed by atoms with Gasteiger partial charge in [-0.25, -0.2) is 0 Å². The second kappa shape index (κ2) is 10.8. The van der Waals surface area contributed by atoms with E-state index >= 15 is 0 Å². The Morgan fingerprint density at radius 3 is 1.92 bits per heavy atom. The van der Waals surface area contributed by atoms with Crippen molar-refractivity contribution in [2.75, 3.05) is 19.1 Å². The van der Waals surface area contributed by atoms with Crippen LogP contribution >= 0.6 is 0 Å². The summed E-state index contributed by atoms with van der Waals surface area (Å²) >= 11 is 0. The number of aliphatic hydroxyl groups is 1. The van der Waals surface area contributed by atoms with E-state index < -0.39 is 17.7 Å². The van der Waals surface area contributed by atoms with Crippen molar-refractivity contribution in [1.82, 2.24) is 0 Å². The van der Waals surface area contributed by atoms with Gasteiger partial charge in [-0.2, -0.15) is 0 Å². The second-order valence-corrected chi connectivity index (χ2v) is 10.7. The molecule has 1 aliphatic rings. The van der Waals surface area contributed by atoms with Gasteiger partial charge in [-0.15, -0.1) is 0 Å². The molecule has 0 aromatic heterocycles. The van der Waals surface area contributed by atoms with Crippen LogP contribution in [0.1, 0.15) is 57.4 Å². The number of Topliss-reactive ketones (excluding diaryl/α,β-unsaturated/α-hetero) is 1. The number of carbonyl (C=O) groups is 2. The Morgan fingerprint density at radius 1 is 0.872 bits per heavy atom. The summed E-state index contributed by atoms with van der Waals surface area (Å²) in [7, 11) is 2.93. The zero-order valence-corrected chi connectivity index (χ0v) is 23.4. The van der Waals surface area contributed by atoms with E-state index in [1.165, 1.54) is 19.1 Å². The Bertz CT molecular complexity index is 1380. The SMILES string of the molecule is COc1cccc(OC)c1/C(O)=C1\C(=O)C(=O)N(c2ccc(OC(C)C)cc2)C1c1ccc(C(C)(C)C)cc1. The summed E-state index contributed by atoms with van der Waals surface area (Å²) in [4.78, 5) is 28.6. The standard InChI is InChI=1S/C32H35NO6/c1-19(2)39-23-17-15-22(16-18-23)33-28(20-11-13-21(14-12-20)32(3,4)5)27(30(35)31(33)36)29(34)26-24(37-6)9-8-10-25(26)38-7/h8-19,28,34H,1-7H3/b29-27+. The molecule has 0 radical (unpaired) electrons. The molecule has 0 spiro atoms. The number of ketones is 1. The summed E-state index contributed by atoms with van der Waals surface area (Å²) in [6, 6.07) is 18.9. The first kappa shape index (κ1) is 27.8. The van der Waals surface area contributed by atoms with Gasteiger partial charge in [0.2, 0.25) is 0 Å². The van der Waals surface area contributed by atoms with E-state index in [0.29, 0.717) is 28.5 Å². The summed E-state index contributed by atoms with van der Waals surface area (Å²) in [6.07, 6.45) is -0.0118. The second-order valence-electron chi connectivity index (χ2n) is 10.7. The summed E-state index contributed by atoms with van der Waals surface area (Å²) < 4.78 is 16.7. The Balaban J connectivity index is 1.94. The number of hydrogen-bond acceptors (Lipinski definition) is 6. The van der Waals surface area contributed by atoms with E-state index in [1.807, 2.05) is 38.1 Å². The molecule has 1 aliphatic heterocycles. The quantitative estimate of drug-likeness (QED) is 0.216. The first-order valence-electron chi connectivity index (χ1n) is 12.9. The topological polar surface area (TPSA) is 85.3 Å². The summed E-state index contributed by atoms with van der Waals surface area (Å²) in [5, 5.41) is 11.7. The minimum absolute atomic E-state index is 0.0118. The number of hydrogen-bond donors (Lipinski definition) is 1. The maximum Gasteiger partial charge on any atom is 0.300 e. The van der Waals surface area contributed by atoms with Gasteiger partial charge in [-0.3, -0.25) is 14.5 Å². The van der Waals surface area contributed by atoms with Gasteiger partial charge in [0.1, 0.15) is 28.6 Å². The zero-order chi connectivity index (χ0) is 28.5. The maximum atomic E-state index is 13.6. The highest BCUT2D eigenvalue weighted by Crippen LogP contribution is 2.45. The molecule has 4 rings (SSSR count). The monoisotopic (exact) mass is 529 g/mol.